The van der Waals surface area contributed by atoms with E-state index in [0.29, 0.717) is 30.8 Å². The van der Waals surface area contributed by atoms with Gasteiger partial charge in [0.05, 0.1) is 40.3 Å². The number of carbonyl (C=O) groups excluding carboxylic acids is 2. The van der Waals surface area contributed by atoms with Gasteiger partial charge in [0.1, 0.15) is 0 Å². The average molecular weight is 391 g/mol. The van der Waals surface area contributed by atoms with E-state index in [9.17, 15) is 9.59 Å². The fourth-order valence-corrected chi connectivity index (χ4v) is 3.84. The summed E-state index contributed by atoms with van der Waals surface area (Å²) < 4.78 is 1.72. The summed E-state index contributed by atoms with van der Waals surface area (Å²) in [5, 5.41) is 8.05. The second kappa shape index (κ2) is 7.31. The maximum Gasteiger partial charge on any atom is 0.255 e. The highest BCUT2D eigenvalue weighted by Gasteiger charge is 2.32. The number of rotatable bonds is 3. The molecule has 0 radical (unpaired) electrons. The number of pyridine rings is 1. The zero-order valence-electron chi connectivity index (χ0n) is 17.2. The lowest BCUT2D eigenvalue weighted by Gasteiger charge is -2.18. The standard InChI is InChI=1S/C22H25N5O2/c1-13-6-5-7-16-10-18(14(2)24-20(13)16)22(29)27-9-8-17(12-27)21(28)25-19-11-23-26(4)15(19)3/h5-7,10-11,17H,8-9,12H2,1-4H3,(H,25,28). The lowest BCUT2D eigenvalue weighted by molar-refractivity contribution is -0.119. The van der Waals surface area contributed by atoms with Gasteiger partial charge < -0.3 is 10.2 Å². The minimum atomic E-state index is -0.227. The molecule has 0 saturated carbocycles. The molecule has 0 spiro atoms. The Morgan fingerprint density at radius 2 is 2.00 bits per heavy atom. The number of hydrogen-bond donors (Lipinski definition) is 1. The van der Waals surface area contributed by atoms with Crippen LogP contribution in [0.1, 0.15) is 33.7 Å². The van der Waals surface area contributed by atoms with Crippen LogP contribution in [0, 0.1) is 26.7 Å². The quantitative estimate of drug-likeness (QED) is 0.744. The summed E-state index contributed by atoms with van der Waals surface area (Å²) in [6.45, 7) is 6.77. The SMILES string of the molecule is Cc1nc2c(C)cccc2cc1C(=O)N1CCC(C(=O)Nc2cnn(C)c2C)C1. The second-order valence-electron chi connectivity index (χ2n) is 7.76. The number of carbonyl (C=O) groups is 2. The summed E-state index contributed by atoms with van der Waals surface area (Å²) in [7, 11) is 1.84. The van der Waals surface area contributed by atoms with Gasteiger partial charge in [-0.3, -0.25) is 19.3 Å². The molecule has 7 heteroatoms. The third kappa shape index (κ3) is 3.48. The largest absolute Gasteiger partial charge is 0.338 e. The first-order valence-electron chi connectivity index (χ1n) is 9.81. The highest BCUT2D eigenvalue weighted by molar-refractivity contribution is 6.00. The molecule has 4 rings (SSSR count). The molecule has 1 atom stereocenters. The Bertz CT molecular complexity index is 1120. The van der Waals surface area contributed by atoms with Crippen molar-refractivity contribution in [3.8, 4) is 0 Å². The van der Waals surface area contributed by atoms with Crippen LogP contribution in [-0.4, -0.2) is 44.6 Å². The molecule has 150 valence electrons. The number of likely N-dealkylation sites (tertiary alicyclic amines) is 1. The van der Waals surface area contributed by atoms with E-state index in [-0.39, 0.29) is 17.7 Å². The Morgan fingerprint density at radius 1 is 1.21 bits per heavy atom. The van der Waals surface area contributed by atoms with Crippen LogP contribution < -0.4 is 5.32 Å². The predicted molar refractivity (Wildman–Crippen MR) is 112 cm³/mol. The first kappa shape index (κ1) is 19.1. The van der Waals surface area contributed by atoms with Crippen molar-refractivity contribution < 1.29 is 9.59 Å². The van der Waals surface area contributed by atoms with Gasteiger partial charge in [-0.15, -0.1) is 0 Å². The summed E-state index contributed by atoms with van der Waals surface area (Å²) in [6.07, 6.45) is 2.30. The van der Waals surface area contributed by atoms with E-state index in [2.05, 4.69) is 15.4 Å². The van der Waals surface area contributed by atoms with Crippen LogP contribution in [0.25, 0.3) is 10.9 Å². The second-order valence-corrected chi connectivity index (χ2v) is 7.76. The fraction of sp³-hybridized carbons (Fsp3) is 0.364. The number of hydrogen-bond acceptors (Lipinski definition) is 4. The topological polar surface area (TPSA) is 80.1 Å². The Kier molecular flexibility index (Phi) is 4.82. The molecule has 1 aliphatic heterocycles. The molecule has 0 aliphatic carbocycles. The number of fused-ring (bicyclic) bond motifs is 1. The number of aromatic nitrogens is 3. The van der Waals surface area contributed by atoms with E-state index >= 15 is 0 Å². The summed E-state index contributed by atoms with van der Waals surface area (Å²) >= 11 is 0. The molecule has 3 aromatic rings. The van der Waals surface area contributed by atoms with Crippen LogP contribution in [0.5, 0.6) is 0 Å². The molecule has 3 heterocycles. The van der Waals surface area contributed by atoms with Gasteiger partial charge in [0, 0.05) is 25.5 Å². The average Bonchev–Trinajstić information content (AvgIpc) is 3.31. The van der Waals surface area contributed by atoms with Crippen molar-refractivity contribution in [3.05, 3.63) is 53.0 Å². The number of benzene rings is 1. The molecule has 1 unspecified atom stereocenters. The number of aryl methyl sites for hydroxylation is 3. The molecule has 1 N–H and O–H groups in total. The van der Waals surface area contributed by atoms with Crippen LogP contribution in [-0.2, 0) is 11.8 Å². The van der Waals surface area contributed by atoms with Gasteiger partial charge in [-0.05, 0) is 38.8 Å². The van der Waals surface area contributed by atoms with Gasteiger partial charge >= 0.3 is 0 Å². The van der Waals surface area contributed by atoms with Crippen molar-refractivity contribution in [2.45, 2.75) is 27.2 Å². The summed E-state index contributed by atoms with van der Waals surface area (Å²) in [5.41, 5.74) is 4.95. The monoisotopic (exact) mass is 391 g/mol. The summed E-state index contributed by atoms with van der Waals surface area (Å²) in [5.74, 6) is -0.360. The highest BCUT2D eigenvalue weighted by Crippen LogP contribution is 2.25. The molecular weight excluding hydrogens is 366 g/mol. The van der Waals surface area contributed by atoms with E-state index in [0.717, 1.165) is 27.9 Å². The third-order valence-electron chi connectivity index (χ3n) is 5.81. The van der Waals surface area contributed by atoms with Crippen molar-refractivity contribution in [2.75, 3.05) is 18.4 Å². The third-order valence-corrected chi connectivity index (χ3v) is 5.81. The minimum absolute atomic E-state index is 0.0636. The maximum absolute atomic E-state index is 13.1. The van der Waals surface area contributed by atoms with Crippen molar-refractivity contribution in [1.29, 1.82) is 0 Å². The molecule has 1 fully saturated rings. The number of nitrogens with zero attached hydrogens (tertiary/aromatic N) is 4. The van der Waals surface area contributed by atoms with E-state index < -0.39 is 0 Å². The van der Waals surface area contributed by atoms with Gasteiger partial charge in [0.15, 0.2) is 0 Å². The van der Waals surface area contributed by atoms with E-state index in [4.69, 9.17) is 0 Å². The van der Waals surface area contributed by atoms with Crippen LogP contribution in [0.15, 0.2) is 30.5 Å². The van der Waals surface area contributed by atoms with E-state index in [1.54, 1.807) is 15.8 Å². The number of para-hydroxylation sites is 1. The van der Waals surface area contributed by atoms with Crippen molar-refractivity contribution >= 4 is 28.4 Å². The predicted octanol–water partition coefficient (Wildman–Crippen LogP) is 2.99. The van der Waals surface area contributed by atoms with Gasteiger partial charge in [0.2, 0.25) is 5.91 Å². The van der Waals surface area contributed by atoms with Gasteiger partial charge in [-0.25, -0.2) is 0 Å². The van der Waals surface area contributed by atoms with Crippen molar-refractivity contribution in [3.63, 3.8) is 0 Å². The maximum atomic E-state index is 13.1. The molecule has 1 aliphatic rings. The van der Waals surface area contributed by atoms with Crippen LogP contribution in [0.2, 0.25) is 0 Å². The summed E-state index contributed by atoms with van der Waals surface area (Å²) in [6, 6.07) is 7.88. The van der Waals surface area contributed by atoms with Gasteiger partial charge in [0.25, 0.3) is 5.91 Å². The molecule has 0 bridgehead atoms. The fourth-order valence-electron chi connectivity index (χ4n) is 3.84. The normalized spacial score (nSPS) is 16.4. The number of anilines is 1. The van der Waals surface area contributed by atoms with E-state index in [1.807, 2.05) is 52.1 Å². The van der Waals surface area contributed by atoms with E-state index in [1.165, 1.54) is 0 Å². The Balaban J connectivity index is 1.49. The summed E-state index contributed by atoms with van der Waals surface area (Å²) in [4.78, 5) is 32.2. The highest BCUT2D eigenvalue weighted by atomic mass is 16.2. The zero-order valence-corrected chi connectivity index (χ0v) is 17.2. The molecule has 2 aromatic heterocycles. The smallest absolute Gasteiger partial charge is 0.255 e. The van der Waals surface area contributed by atoms with Gasteiger partial charge in [-0.2, -0.15) is 5.10 Å². The Hall–Kier alpha value is -3.22. The van der Waals surface area contributed by atoms with Crippen LogP contribution in [0.4, 0.5) is 5.69 Å². The molecule has 1 aromatic carbocycles. The first-order valence-corrected chi connectivity index (χ1v) is 9.81. The van der Waals surface area contributed by atoms with Crippen LogP contribution in [0.3, 0.4) is 0 Å². The number of nitrogens with one attached hydrogen (secondary N) is 1. The van der Waals surface area contributed by atoms with Crippen molar-refractivity contribution in [1.82, 2.24) is 19.7 Å². The molecular formula is C22H25N5O2. The number of amides is 2. The lowest BCUT2D eigenvalue weighted by Crippen LogP contribution is -2.32. The lowest BCUT2D eigenvalue weighted by atomic mass is 10.1. The van der Waals surface area contributed by atoms with Crippen LogP contribution >= 0.6 is 0 Å². The minimum Gasteiger partial charge on any atom is -0.338 e. The molecule has 2 amide bonds. The first-order chi connectivity index (χ1) is 13.8. The molecule has 29 heavy (non-hydrogen) atoms. The molecule has 7 nitrogen and oxygen atoms in total. The molecule has 1 saturated heterocycles. The Labute approximate surface area is 169 Å². The Morgan fingerprint density at radius 3 is 2.72 bits per heavy atom. The van der Waals surface area contributed by atoms with Gasteiger partial charge in [-0.1, -0.05) is 18.2 Å². The van der Waals surface area contributed by atoms with Crippen molar-refractivity contribution in [2.24, 2.45) is 13.0 Å². The zero-order chi connectivity index (χ0) is 20.7.